The number of rotatable bonds is 10. The summed E-state index contributed by atoms with van der Waals surface area (Å²) in [6.45, 7) is 8.83. The van der Waals surface area contributed by atoms with Gasteiger partial charge in [-0.25, -0.2) is 0 Å². The van der Waals surface area contributed by atoms with Gasteiger partial charge in [-0.3, -0.25) is 9.36 Å². The van der Waals surface area contributed by atoms with Crippen LogP contribution in [0.5, 0.6) is 11.5 Å². The monoisotopic (exact) mass is 444 g/mol. The summed E-state index contributed by atoms with van der Waals surface area (Å²) in [5.74, 6) is 2.89. The van der Waals surface area contributed by atoms with Gasteiger partial charge in [0.15, 0.2) is 22.5 Å². The normalized spacial score (nSPS) is 18.4. The van der Waals surface area contributed by atoms with Crippen LogP contribution in [0.2, 0.25) is 0 Å². The van der Waals surface area contributed by atoms with Crippen molar-refractivity contribution in [2.75, 3.05) is 12.9 Å². The summed E-state index contributed by atoms with van der Waals surface area (Å²) < 4.78 is 13.3. The zero-order chi connectivity index (χ0) is 22.2. The third kappa shape index (κ3) is 6.26. The molecule has 7 nitrogen and oxygen atoms in total. The molecule has 31 heavy (non-hydrogen) atoms. The van der Waals surface area contributed by atoms with Crippen LogP contribution in [-0.4, -0.2) is 39.6 Å². The van der Waals surface area contributed by atoms with Crippen molar-refractivity contribution in [2.45, 2.75) is 63.9 Å². The van der Waals surface area contributed by atoms with Gasteiger partial charge in [0.25, 0.3) is 0 Å². The summed E-state index contributed by atoms with van der Waals surface area (Å²) in [5, 5.41) is 12.4. The highest BCUT2D eigenvalue weighted by atomic mass is 32.2. The van der Waals surface area contributed by atoms with Crippen LogP contribution in [0.3, 0.4) is 0 Å². The van der Waals surface area contributed by atoms with Crippen LogP contribution >= 0.6 is 11.8 Å². The zero-order valence-corrected chi connectivity index (χ0v) is 19.4. The molecular formula is C23H32N4O3S. The smallest absolute Gasteiger partial charge is 0.230 e. The van der Waals surface area contributed by atoms with E-state index in [0.717, 1.165) is 12.0 Å². The van der Waals surface area contributed by atoms with Gasteiger partial charge in [-0.15, -0.1) is 16.8 Å². The quantitative estimate of drug-likeness (QED) is 0.438. The topological polar surface area (TPSA) is 78.3 Å². The largest absolute Gasteiger partial charge is 0.493 e. The van der Waals surface area contributed by atoms with E-state index in [1.54, 1.807) is 13.2 Å². The predicted molar refractivity (Wildman–Crippen MR) is 123 cm³/mol. The Balaban J connectivity index is 1.60. The standard InChI is InChI=1S/C23H32N4O3S/c1-5-12-27-21(14-30-19-11-10-16(2)13-20(19)29-4)25-26-23(27)31-15-22(28)24-18-9-7-6-8-17(18)3/h5,10-11,13,17-18H,1,6-9,12,14-15H2,2-4H3,(H,24,28)/t17-,18+/m1/s1. The molecule has 168 valence electrons. The van der Waals surface area contributed by atoms with Crippen molar-refractivity contribution < 1.29 is 14.3 Å². The first-order valence-electron chi connectivity index (χ1n) is 10.7. The van der Waals surface area contributed by atoms with Gasteiger partial charge < -0.3 is 14.8 Å². The first kappa shape index (κ1) is 23.2. The SMILES string of the molecule is C=CCn1c(COc2ccc(C)cc2OC)nnc1SCC(=O)N[C@H]1CCCC[C@H]1C. The predicted octanol–water partition coefficient (Wildman–Crippen LogP) is 4.15. The third-order valence-electron chi connectivity index (χ3n) is 5.57. The van der Waals surface area contributed by atoms with Crippen LogP contribution in [0.1, 0.15) is 44.0 Å². The fourth-order valence-electron chi connectivity index (χ4n) is 3.79. The second-order valence-corrected chi connectivity index (χ2v) is 8.91. The van der Waals surface area contributed by atoms with Crippen LogP contribution in [0.4, 0.5) is 0 Å². The molecule has 3 rings (SSSR count). The van der Waals surface area contributed by atoms with E-state index in [4.69, 9.17) is 9.47 Å². The average Bonchev–Trinajstić information content (AvgIpc) is 3.14. The third-order valence-corrected chi connectivity index (χ3v) is 6.54. The number of carbonyl (C=O) groups excluding carboxylic acids is 1. The average molecular weight is 445 g/mol. The number of methoxy groups -OCH3 is 1. The molecule has 1 saturated carbocycles. The van der Waals surface area contributed by atoms with Crippen molar-refractivity contribution in [3.63, 3.8) is 0 Å². The number of benzene rings is 1. The molecule has 2 atom stereocenters. The molecule has 0 radical (unpaired) electrons. The fourth-order valence-corrected chi connectivity index (χ4v) is 4.57. The van der Waals surface area contributed by atoms with Gasteiger partial charge in [0.1, 0.15) is 6.61 Å². The summed E-state index contributed by atoms with van der Waals surface area (Å²) in [4.78, 5) is 12.5. The van der Waals surface area contributed by atoms with Crippen LogP contribution < -0.4 is 14.8 Å². The molecule has 0 unspecified atom stereocenters. The number of nitrogens with one attached hydrogen (secondary N) is 1. The lowest BCUT2D eigenvalue weighted by Crippen LogP contribution is -2.41. The van der Waals surface area contributed by atoms with E-state index in [2.05, 4.69) is 29.0 Å². The molecule has 1 aromatic carbocycles. The van der Waals surface area contributed by atoms with Crippen LogP contribution in [-0.2, 0) is 17.9 Å². The highest BCUT2D eigenvalue weighted by Crippen LogP contribution is 2.29. The minimum Gasteiger partial charge on any atom is -0.493 e. The second-order valence-electron chi connectivity index (χ2n) is 7.97. The molecule has 0 bridgehead atoms. The number of hydrogen-bond donors (Lipinski definition) is 1. The van der Waals surface area contributed by atoms with Crippen molar-refractivity contribution >= 4 is 17.7 Å². The minimum atomic E-state index is 0.0408. The molecule has 0 spiro atoms. The second kappa shape index (κ2) is 11.2. The molecule has 1 heterocycles. The Morgan fingerprint density at radius 1 is 1.32 bits per heavy atom. The van der Waals surface area contributed by atoms with E-state index < -0.39 is 0 Å². The number of amides is 1. The Morgan fingerprint density at radius 2 is 2.13 bits per heavy atom. The molecule has 2 aromatic rings. The molecule has 1 aliphatic rings. The van der Waals surface area contributed by atoms with Gasteiger partial charge in [0.05, 0.1) is 12.9 Å². The van der Waals surface area contributed by atoms with Crippen LogP contribution in [0, 0.1) is 12.8 Å². The van der Waals surface area contributed by atoms with Crippen molar-refractivity contribution in [1.82, 2.24) is 20.1 Å². The number of allylic oxidation sites excluding steroid dienone is 1. The lowest BCUT2D eigenvalue weighted by molar-refractivity contribution is -0.119. The molecular weight excluding hydrogens is 412 g/mol. The maximum absolute atomic E-state index is 12.5. The van der Waals surface area contributed by atoms with Gasteiger partial charge in [-0.2, -0.15) is 0 Å². The molecule has 1 aromatic heterocycles. The number of nitrogens with zero attached hydrogens (tertiary/aromatic N) is 3. The molecule has 0 aliphatic heterocycles. The molecule has 1 amide bonds. The minimum absolute atomic E-state index is 0.0408. The maximum Gasteiger partial charge on any atom is 0.230 e. The zero-order valence-electron chi connectivity index (χ0n) is 18.6. The van der Waals surface area contributed by atoms with Gasteiger partial charge in [-0.05, 0) is 43.4 Å². The lowest BCUT2D eigenvalue weighted by atomic mass is 9.86. The summed E-state index contributed by atoms with van der Waals surface area (Å²) in [7, 11) is 1.62. The number of ether oxygens (including phenoxy) is 2. The number of aromatic nitrogens is 3. The Hall–Kier alpha value is -2.48. The van der Waals surface area contributed by atoms with Gasteiger partial charge in [0, 0.05) is 12.6 Å². The number of aryl methyl sites for hydroxylation is 1. The molecule has 1 fully saturated rings. The number of carbonyl (C=O) groups is 1. The Bertz CT molecular complexity index is 899. The van der Waals surface area contributed by atoms with E-state index in [1.807, 2.05) is 29.7 Å². The van der Waals surface area contributed by atoms with E-state index >= 15 is 0 Å². The van der Waals surface area contributed by atoms with E-state index in [1.165, 1.54) is 31.0 Å². The Labute approximate surface area is 188 Å². The summed E-state index contributed by atoms with van der Waals surface area (Å²) in [6, 6.07) is 6.06. The summed E-state index contributed by atoms with van der Waals surface area (Å²) in [5.41, 5.74) is 1.10. The molecule has 1 aliphatic carbocycles. The lowest BCUT2D eigenvalue weighted by Gasteiger charge is -2.29. The van der Waals surface area contributed by atoms with Crippen molar-refractivity contribution in [1.29, 1.82) is 0 Å². The summed E-state index contributed by atoms with van der Waals surface area (Å²) in [6.07, 6.45) is 6.47. The van der Waals surface area contributed by atoms with Crippen molar-refractivity contribution in [3.8, 4) is 11.5 Å². The number of thioether (sulfide) groups is 1. The van der Waals surface area contributed by atoms with E-state index in [9.17, 15) is 4.79 Å². The van der Waals surface area contributed by atoms with Crippen LogP contribution in [0.15, 0.2) is 36.0 Å². The molecule has 0 saturated heterocycles. The number of hydrogen-bond acceptors (Lipinski definition) is 6. The van der Waals surface area contributed by atoms with Crippen LogP contribution in [0.25, 0.3) is 0 Å². The molecule has 1 N–H and O–H groups in total. The van der Waals surface area contributed by atoms with Gasteiger partial charge in [0.2, 0.25) is 5.91 Å². The highest BCUT2D eigenvalue weighted by Gasteiger charge is 2.23. The first-order chi connectivity index (χ1) is 15.0. The van der Waals surface area contributed by atoms with Gasteiger partial charge >= 0.3 is 0 Å². The first-order valence-corrected chi connectivity index (χ1v) is 11.7. The Kier molecular flexibility index (Phi) is 8.40. The molecule has 8 heteroatoms. The van der Waals surface area contributed by atoms with Crippen molar-refractivity contribution in [3.05, 3.63) is 42.2 Å². The van der Waals surface area contributed by atoms with E-state index in [0.29, 0.717) is 40.7 Å². The highest BCUT2D eigenvalue weighted by molar-refractivity contribution is 7.99. The maximum atomic E-state index is 12.5. The summed E-state index contributed by atoms with van der Waals surface area (Å²) >= 11 is 1.39. The fraction of sp³-hybridized carbons (Fsp3) is 0.522. The van der Waals surface area contributed by atoms with E-state index in [-0.39, 0.29) is 18.6 Å². The van der Waals surface area contributed by atoms with Crippen molar-refractivity contribution in [2.24, 2.45) is 5.92 Å². The van der Waals surface area contributed by atoms with Gasteiger partial charge in [-0.1, -0.05) is 43.7 Å². The Morgan fingerprint density at radius 3 is 2.87 bits per heavy atom.